The number of anilines is 2. The van der Waals surface area contributed by atoms with Crippen molar-refractivity contribution in [2.75, 3.05) is 5.32 Å². The maximum atomic E-state index is 6.01. The van der Waals surface area contributed by atoms with Gasteiger partial charge in [-0.15, -0.1) is 0 Å². The fraction of sp³-hybridized carbons (Fsp3) is 0.125. The molecule has 3 N–H and O–H groups in total. The Kier molecular flexibility index (Phi) is 3.31. The third-order valence-electron chi connectivity index (χ3n) is 3.25. The van der Waals surface area contributed by atoms with Crippen LogP contribution < -0.4 is 11.1 Å². The molecule has 100 valence electrons. The van der Waals surface area contributed by atoms with Crippen LogP contribution >= 0.6 is 0 Å². The molecule has 1 unspecified atom stereocenters. The van der Waals surface area contributed by atoms with Crippen molar-refractivity contribution in [3.05, 3.63) is 60.4 Å². The van der Waals surface area contributed by atoms with E-state index in [9.17, 15) is 0 Å². The molecule has 0 bridgehead atoms. The summed E-state index contributed by atoms with van der Waals surface area (Å²) < 4.78 is 0. The van der Waals surface area contributed by atoms with Gasteiger partial charge in [-0.3, -0.25) is 0 Å². The number of hydrogen-bond donors (Lipinski definition) is 2. The largest absolute Gasteiger partial charge is 0.339 e. The maximum absolute atomic E-state index is 6.01. The second-order valence-electron chi connectivity index (χ2n) is 4.74. The smallest absolute Gasteiger partial charge is 0.141 e. The molecular formula is C16H16N4. The first-order valence-electron chi connectivity index (χ1n) is 6.57. The molecule has 0 saturated carbocycles. The normalized spacial score (nSPS) is 12.3. The van der Waals surface area contributed by atoms with E-state index in [1.54, 1.807) is 6.33 Å². The molecule has 0 fully saturated rings. The van der Waals surface area contributed by atoms with E-state index >= 15 is 0 Å². The van der Waals surface area contributed by atoms with Crippen molar-refractivity contribution < 1.29 is 0 Å². The van der Waals surface area contributed by atoms with E-state index in [1.165, 1.54) is 0 Å². The maximum Gasteiger partial charge on any atom is 0.141 e. The first-order chi connectivity index (χ1) is 9.75. The molecule has 1 aromatic heterocycles. The van der Waals surface area contributed by atoms with Gasteiger partial charge in [0.05, 0.1) is 5.52 Å². The Labute approximate surface area is 117 Å². The molecule has 0 spiro atoms. The Morgan fingerprint density at radius 1 is 1.00 bits per heavy atom. The molecule has 0 aliphatic heterocycles. The summed E-state index contributed by atoms with van der Waals surface area (Å²) >= 11 is 0. The topological polar surface area (TPSA) is 63.8 Å². The van der Waals surface area contributed by atoms with Gasteiger partial charge >= 0.3 is 0 Å². The van der Waals surface area contributed by atoms with Crippen molar-refractivity contribution in [1.29, 1.82) is 0 Å². The summed E-state index contributed by atoms with van der Waals surface area (Å²) in [6.07, 6.45) is 1.57. The molecule has 0 radical (unpaired) electrons. The molecule has 3 aromatic rings. The number of rotatable bonds is 3. The fourth-order valence-corrected chi connectivity index (χ4v) is 2.24. The molecule has 2 aromatic carbocycles. The molecule has 0 saturated heterocycles. The van der Waals surface area contributed by atoms with Crippen molar-refractivity contribution in [2.45, 2.75) is 13.0 Å². The number of benzene rings is 2. The Bertz CT molecular complexity index is 732. The van der Waals surface area contributed by atoms with Gasteiger partial charge in [-0.1, -0.05) is 30.3 Å². The quantitative estimate of drug-likeness (QED) is 0.761. The third-order valence-corrected chi connectivity index (χ3v) is 3.25. The van der Waals surface area contributed by atoms with Gasteiger partial charge in [-0.2, -0.15) is 0 Å². The number of aromatic nitrogens is 2. The van der Waals surface area contributed by atoms with E-state index in [0.717, 1.165) is 28.0 Å². The van der Waals surface area contributed by atoms with Gasteiger partial charge in [0, 0.05) is 17.1 Å². The lowest BCUT2D eigenvalue weighted by molar-refractivity contribution is 0.820. The van der Waals surface area contributed by atoms with Crippen LogP contribution in [-0.4, -0.2) is 9.97 Å². The first kappa shape index (κ1) is 12.6. The second kappa shape index (κ2) is 5.27. The van der Waals surface area contributed by atoms with Gasteiger partial charge in [0.2, 0.25) is 0 Å². The Hall–Kier alpha value is -2.46. The van der Waals surface area contributed by atoms with Crippen LogP contribution in [-0.2, 0) is 0 Å². The van der Waals surface area contributed by atoms with E-state index in [4.69, 9.17) is 5.73 Å². The number of fused-ring (bicyclic) bond motifs is 1. The van der Waals surface area contributed by atoms with Crippen LogP contribution in [0.15, 0.2) is 54.9 Å². The highest BCUT2D eigenvalue weighted by Crippen LogP contribution is 2.27. The van der Waals surface area contributed by atoms with Crippen LogP contribution in [0.1, 0.15) is 18.5 Å². The van der Waals surface area contributed by atoms with Crippen LogP contribution in [0.25, 0.3) is 10.9 Å². The van der Waals surface area contributed by atoms with Crippen molar-refractivity contribution in [3.8, 4) is 0 Å². The average Bonchev–Trinajstić information content (AvgIpc) is 2.48. The number of para-hydroxylation sites is 2. The van der Waals surface area contributed by atoms with Crippen LogP contribution in [0.3, 0.4) is 0 Å². The number of nitrogens with two attached hydrogens (primary N) is 1. The van der Waals surface area contributed by atoms with Gasteiger partial charge in [0.15, 0.2) is 0 Å². The molecule has 4 heteroatoms. The van der Waals surface area contributed by atoms with Gasteiger partial charge in [-0.05, 0) is 30.7 Å². The minimum Gasteiger partial charge on any atom is -0.339 e. The fourth-order valence-electron chi connectivity index (χ4n) is 2.24. The molecule has 1 atom stereocenters. The Balaban J connectivity index is 2.06. The summed E-state index contributed by atoms with van der Waals surface area (Å²) in [5.74, 6) is 0.795. The van der Waals surface area contributed by atoms with Crippen LogP contribution in [0.4, 0.5) is 11.5 Å². The zero-order chi connectivity index (χ0) is 13.9. The first-order valence-corrected chi connectivity index (χ1v) is 6.57. The monoisotopic (exact) mass is 264 g/mol. The lowest BCUT2D eigenvalue weighted by atomic mass is 10.1. The highest BCUT2D eigenvalue weighted by molar-refractivity contribution is 5.90. The van der Waals surface area contributed by atoms with Crippen molar-refractivity contribution >= 4 is 22.4 Å². The van der Waals surface area contributed by atoms with E-state index in [0.29, 0.717) is 0 Å². The van der Waals surface area contributed by atoms with Gasteiger partial charge in [-0.25, -0.2) is 9.97 Å². The Morgan fingerprint density at radius 3 is 2.60 bits per heavy atom. The summed E-state index contributed by atoms with van der Waals surface area (Å²) in [7, 11) is 0. The van der Waals surface area contributed by atoms with E-state index < -0.39 is 0 Å². The van der Waals surface area contributed by atoms with Crippen LogP contribution in [0.5, 0.6) is 0 Å². The molecule has 0 amide bonds. The zero-order valence-corrected chi connectivity index (χ0v) is 11.2. The summed E-state index contributed by atoms with van der Waals surface area (Å²) in [5, 5.41) is 4.36. The van der Waals surface area contributed by atoms with Gasteiger partial charge in [0.25, 0.3) is 0 Å². The lowest BCUT2D eigenvalue weighted by Crippen LogP contribution is -2.08. The molecule has 3 rings (SSSR count). The summed E-state index contributed by atoms with van der Waals surface area (Å²) in [6.45, 7) is 1.97. The highest BCUT2D eigenvalue weighted by atomic mass is 15.0. The van der Waals surface area contributed by atoms with Crippen LogP contribution in [0.2, 0.25) is 0 Å². The minimum atomic E-state index is -0.0354. The van der Waals surface area contributed by atoms with E-state index in [-0.39, 0.29) is 6.04 Å². The number of nitrogens with zero attached hydrogens (tertiary/aromatic N) is 2. The standard InChI is InChI=1S/C16H16N4/c1-11(17)12-6-2-5-9-15(12)20-16-13-7-3-4-8-14(13)18-10-19-16/h2-11H,17H2,1H3,(H,18,19,20). The molecule has 4 nitrogen and oxygen atoms in total. The van der Waals surface area contributed by atoms with E-state index in [1.807, 2.05) is 55.5 Å². The number of hydrogen-bond acceptors (Lipinski definition) is 4. The Morgan fingerprint density at radius 2 is 1.75 bits per heavy atom. The SMILES string of the molecule is CC(N)c1ccccc1Nc1ncnc2ccccc12. The average molecular weight is 264 g/mol. The van der Waals surface area contributed by atoms with Gasteiger partial charge < -0.3 is 11.1 Å². The molecule has 0 aliphatic rings. The van der Waals surface area contributed by atoms with Crippen molar-refractivity contribution in [1.82, 2.24) is 9.97 Å². The molecular weight excluding hydrogens is 248 g/mol. The number of nitrogens with one attached hydrogen (secondary N) is 1. The van der Waals surface area contributed by atoms with Crippen LogP contribution in [0, 0.1) is 0 Å². The van der Waals surface area contributed by atoms with Crippen molar-refractivity contribution in [3.63, 3.8) is 0 Å². The molecule has 20 heavy (non-hydrogen) atoms. The second-order valence-corrected chi connectivity index (χ2v) is 4.74. The highest BCUT2D eigenvalue weighted by Gasteiger charge is 2.08. The third kappa shape index (κ3) is 2.33. The summed E-state index contributed by atoms with van der Waals surface area (Å²) in [4.78, 5) is 8.60. The molecule has 0 aliphatic carbocycles. The zero-order valence-electron chi connectivity index (χ0n) is 11.2. The lowest BCUT2D eigenvalue weighted by Gasteiger charge is -2.14. The summed E-state index contributed by atoms with van der Waals surface area (Å²) in [5.41, 5.74) is 8.97. The minimum absolute atomic E-state index is 0.0354. The van der Waals surface area contributed by atoms with Crippen molar-refractivity contribution in [2.24, 2.45) is 5.73 Å². The molecule has 1 heterocycles. The predicted octanol–water partition coefficient (Wildman–Crippen LogP) is 3.39. The van der Waals surface area contributed by atoms with Gasteiger partial charge in [0.1, 0.15) is 12.1 Å². The van der Waals surface area contributed by atoms with E-state index in [2.05, 4.69) is 15.3 Å². The summed E-state index contributed by atoms with van der Waals surface area (Å²) in [6, 6.07) is 15.9. The predicted molar refractivity (Wildman–Crippen MR) is 81.9 cm³/mol.